The third-order valence-electron chi connectivity index (χ3n) is 2.00. The van der Waals surface area contributed by atoms with Crippen LogP contribution in [0.4, 0.5) is 5.69 Å². The summed E-state index contributed by atoms with van der Waals surface area (Å²) in [5.74, 6) is -0.0359. The maximum atomic E-state index is 10.5. The zero-order valence-corrected chi connectivity index (χ0v) is 10.1. The molecule has 2 rings (SSSR count). The number of hydrogen-bond acceptors (Lipinski definition) is 2. The zero-order chi connectivity index (χ0) is 13.2. The molecule has 18 heavy (non-hydrogen) atoms. The maximum Gasteiger partial charge on any atom is 0.221 e. The number of anilines is 1. The van der Waals surface area contributed by atoms with Crippen molar-refractivity contribution in [3.8, 4) is 6.07 Å². The third kappa shape index (κ3) is 5.47. The molecule has 0 spiro atoms. The molecule has 2 aromatic rings. The van der Waals surface area contributed by atoms with Crippen LogP contribution in [0.15, 0.2) is 60.7 Å². The molecule has 0 saturated heterocycles. The molecule has 0 aliphatic heterocycles. The molecule has 0 radical (unpaired) electrons. The monoisotopic (exact) mass is 238 g/mol. The van der Waals surface area contributed by atoms with Gasteiger partial charge in [-0.05, 0) is 24.3 Å². The van der Waals surface area contributed by atoms with E-state index >= 15 is 0 Å². The van der Waals surface area contributed by atoms with E-state index in [0.717, 1.165) is 5.69 Å². The minimum absolute atomic E-state index is 0.0359. The van der Waals surface area contributed by atoms with Crippen LogP contribution in [-0.4, -0.2) is 5.91 Å². The Bertz CT molecular complexity index is 515. The number of benzene rings is 2. The molecule has 90 valence electrons. The van der Waals surface area contributed by atoms with Crippen molar-refractivity contribution in [2.45, 2.75) is 6.92 Å². The van der Waals surface area contributed by atoms with Gasteiger partial charge in [-0.1, -0.05) is 36.4 Å². The molecule has 0 aliphatic rings. The van der Waals surface area contributed by atoms with E-state index in [1.54, 1.807) is 12.1 Å². The summed E-state index contributed by atoms with van der Waals surface area (Å²) in [7, 11) is 0. The SMILES string of the molecule is CC(=O)Nc1ccccc1.N#Cc1ccccc1. The molecular formula is C15H14N2O. The van der Waals surface area contributed by atoms with Gasteiger partial charge in [0.05, 0.1) is 11.6 Å². The second kappa shape index (κ2) is 7.64. The van der Waals surface area contributed by atoms with Crippen LogP contribution in [0.25, 0.3) is 0 Å². The number of para-hydroxylation sites is 1. The first-order chi connectivity index (χ1) is 8.72. The van der Waals surface area contributed by atoms with E-state index in [9.17, 15) is 4.79 Å². The fourth-order valence-electron chi connectivity index (χ4n) is 1.24. The summed E-state index contributed by atoms with van der Waals surface area (Å²) in [6.45, 7) is 1.49. The topological polar surface area (TPSA) is 52.9 Å². The lowest BCUT2D eigenvalue weighted by Crippen LogP contribution is -2.04. The maximum absolute atomic E-state index is 10.5. The van der Waals surface area contributed by atoms with Gasteiger partial charge in [-0.2, -0.15) is 5.26 Å². The number of nitriles is 1. The van der Waals surface area contributed by atoms with Crippen molar-refractivity contribution in [1.29, 1.82) is 5.26 Å². The standard InChI is InChI=1S/C8H9NO.C7H5N/c1-7(10)9-8-5-3-2-4-6-8;8-6-7-4-2-1-3-5-7/h2-6H,1H3,(H,9,10);1-5H. The van der Waals surface area contributed by atoms with Gasteiger partial charge >= 0.3 is 0 Å². The number of nitrogens with one attached hydrogen (secondary N) is 1. The van der Waals surface area contributed by atoms with Gasteiger partial charge in [0, 0.05) is 12.6 Å². The van der Waals surface area contributed by atoms with Gasteiger partial charge in [0.15, 0.2) is 0 Å². The Balaban J connectivity index is 0.000000184. The summed E-state index contributed by atoms with van der Waals surface area (Å²) in [5, 5.41) is 11.0. The summed E-state index contributed by atoms with van der Waals surface area (Å²) in [6, 6.07) is 20.5. The van der Waals surface area contributed by atoms with Crippen molar-refractivity contribution < 1.29 is 4.79 Å². The Morgan fingerprint density at radius 2 is 1.50 bits per heavy atom. The molecule has 0 unspecified atom stereocenters. The molecule has 0 saturated carbocycles. The first-order valence-electron chi connectivity index (χ1n) is 5.50. The predicted octanol–water partition coefficient (Wildman–Crippen LogP) is 3.20. The van der Waals surface area contributed by atoms with Gasteiger partial charge in [-0.25, -0.2) is 0 Å². The van der Waals surface area contributed by atoms with Crippen molar-refractivity contribution in [1.82, 2.24) is 0 Å². The molecule has 0 atom stereocenters. The Morgan fingerprint density at radius 1 is 1.00 bits per heavy atom. The lowest BCUT2D eigenvalue weighted by molar-refractivity contribution is -0.114. The van der Waals surface area contributed by atoms with Crippen molar-refractivity contribution >= 4 is 11.6 Å². The summed E-state index contributed by atoms with van der Waals surface area (Å²) < 4.78 is 0. The fraction of sp³-hybridized carbons (Fsp3) is 0.0667. The lowest BCUT2D eigenvalue weighted by atomic mass is 10.2. The number of nitrogens with zero attached hydrogens (tertiary/aromatic N) is 1. The average Bonchev–Trinajstić information content (AvgIpc) is 2.41. The highest BCUT2D eigenvalue weighted by atomic mass is 16.1. The van der Waals surface area contributed by atoms with Gasteiger partial charge in [-0.15, -0.1) is 0 Å². The molecule has 3 heteroatoms. The van der Waals surface area contributed by atoms with Gasteiger partial charge in [0.1, 0.15) is 0 Å². The van der Waals surface area contributed by atoms with Crippen molar-refractivity contribution in [3.05, 3.63) is 66.2 Å². The molecule has 1 N–H and O–H groups in total. The van der Waals surface area contributed by atoms with Crippen LogP contribution in [0.3, 0.4) is 0 Å². The van der Waals surface area contributed by atoms with Crippen LogP contribution in [0.1, 0.15) is 12.5 Å². The molecule has 0 fully saturated rings. The number of carbonyl (C=O) groups is 1. The molecule has 1 amide bonds. The molecule has 0 aliphatic carbocycles. The summed E-state index contributed by atoms with van der Waals surface area (Å²) in [4.78, 5) is 10.5. The van der Waals surface area contributed by atoms with Crippen molar-refractivity contribution in [2.75, 3.05) is 5.32 Å². The van der Waals surface area contributed by atoms with E-state index in [4.69, 9.17) is 5.26 Å². The molecule has 2 aromatic carbocycles. The van der Waals surface area contributed by atoms with E-state index in [1.165, 1.54) is 6.92 Å². The highest BCUT2D eigenvalue weighted by Gasteiger charge is 1.90. The largest absolute Gasteiger partial charge is 0.326 e. The van der Waals surface area contributed by atoms with E-state index in [2.05, 4.69) is 5.32 Å². The van der Waals surface area contributed by atoms with E-state index in [-0.39, 0.29) is 5.91 Å². The minimum Gasteiger partial charge on any atom is -0.326 e. The Labute approximate surface area is 107 Å². The number of amides is 1. The number of hydrogen-bond donors (Lipinski definition) is 1. The summed E-state index contributed by atoms with van der Waals surface area (Å²) in [5.41, 5.74) is 1.56. The highest BCUT2D eigenvalue weighted by Crippen LogP contribution is 2.03. The van der Waals surface area contributed by atoms with Crippen LogP contribution < -0.4 is 5.32 Å². The van der Waals surface area contributed by atoms with Crippen LogP contribution in [0.5, 0.6) is 0 Å². The third-order valence-corrected chi connectivity index (χ3v) is 2.00. The second-order valence-corrected chi connectivity index (χ2v) is 3.53. The molecule has 0 bridgehead atoms. The first kappa shape index (κ1) is 13.5. The van der Waals surface area contributed by atoms with Crippen LogP contribution in [0, 0.1) is 11.3 Å². The fourth-order valence-corrected chi connectivity index (χ4v) is 1.24. The molecule has 0 aromatic heterocycles. The Morgan fingerprint density at radius 3 is 1.89 bits per heavy atom. The van der Waals surface area contributed by atoms with Crippen molar-refractivity contribution in [3.63, 3.8) is 0 Å². The summed E-state index contributed by atoms with van der Waals surface area (Å²) >= 11 is 0. The summed E-state index contributed by atoms with van der Waals surface area (Å²) in [6.07, 6.45) is 0. The normalized spacial score (nSPS) is 8.44. The Kier molecular flexibility index (Phi) is 5.71. The highest BCUT2D eigenvalue weighted by molar-refractivity contribution is 5.88. The van der Waals surface area contributed by atoms with Crippen LogP contribution in [-0.2, 0) is 4.79 Å². The van der Waals surface area contributed by atoms with E-state index in [1.807, 2.05) is 54.6 Å². The average molecular weight is 238 g/mol. The molecular weight excluding hydrogens is 224 g/mol. The predicted molar refractivity (Wildman–Crippen MR) is 71.9 cm³/mol. The van der Waals surface area contributed by atoms with Crippen LogP contribution in [0.2, 0.25) is 0 Å². The number of carbonyl (C=O) groups excluding carboxylic acids is 1. The van der Waals surface area contributed by atoms with Gasteiger partial charge in [0.2, 0.25) is 5.91 Å². The second-order valence-electron chi connectivity index (χ2n) is 3.53. The first-order valence-corrected chi connectivity index (χ1v) is 5.50. The number of rotatable bonds is 1. The van der Waals surface area contributed by atoms with Gasteiger partial charge in [0.25, 0.3) is 0 Å². The van der Waals surface area contributed by atoms with E-state index in [0.29, 0.717) is 5.56 Å². The quantitative estimate of drug-likeness (QED) is 0.829. The molecule has 3 nitrogen and oxygen atoms in total. The Hall–Kier alpha value is -2.60. The van der Waals surface area contributed by atoms with Gasteiger partial charge < -0.3 is 5.32 Å². The van der Waals surface area contributed by atoms with Crippen molar-refractivity contribution in [2.24, 2.45) is 0 Å². The lowest BCUT2D eigenvalue weighted by Gasteiger charge is -1.98. The van der Waals surface area contributed by atoms with E-state index < -0.39 is 0 Å². The van der Waals surface area contributed by atoms with Crippen LogP contribution >= 0.6 is 0 Å². The zero-order valence-electron chi connectivity index (χ0n) is 10.1. The minimum atomic E-state index is -0.0359. The van der Waals surface area contributed by atoms with Gasteiger partial charge in [-0.3, -0.25) is 4.79 Å². The molecule has 0 heterocycles. The smallest absolute Gasteiger partial charge is 0.221 e.